The molecule has 4 rings (SSSR count). The van der Waals surface area contributed by atoms with Crippen molar-refractivity contribution in [2.24, 2.45) is 0 Å². The lowest BCUT2D eigenvalue weighted by Gasteiger charge is -2.27. The molecule has 0 aliphatic carbocycles. The maximum atomic E-state index is 14.5. The Kier molecular flexibility index (Phi) is 8.17. The fraction of sp³-hybridized carbons (Fsp3) is 0.240. The third-order valence-electron chi connectivity index (χ3n) is 5.61. The van der Waals surface area contributed by atoms with E-state index in [1.807, 2.05) is 0 Å². The van der Waals surface area contributed by atoms with Gasteiger partial charge in [-0.05, 0) is 24.3 Å². The first-order valence-electron chi connectivity index (χ1n) is 11.2. The van der Waals surface area contributed by atoms with Crippen molar-refractivity contribution in [3.63, 3.8) is 0 Å². The number of aliphatic hydroxyl groups excluding tert-OH is 2. The van der Waals surface area contributed by atoms with Crippen molar-refractivity contribution in [3.05, 3.63) is 88.8 Å². The number of aromatic nitrogens is 2. The van der Waals surface area contributed by atoms with Crippen molar-refractivity contribution in [1.29, 1.82) is 0 Å². The third-order valence-corrected chi connectivity index (χ3v) is 5.92. The molecule has 1 aromatic heterocycles. The fourth-order valence-electron chi connectivity index (χ4n) is 3.78. The number of para-hydroxylation sites is 1. The minimum Gasteiger partial charge on any atom is -0.458 e. The van der Waals surface area contributed by atoms with Crippen molar-refractivity contribution in [2.75, 3.05) is 18.5 Å². The summed E-state index contributed by atoms with van der Waals surface area (Å²) in [5.41, 5.74) is -0.354. The van der Waals surface area contributed by atoms with Gasteiger partial charge in [0.15, 0.2) is 5.82 Å². The molecular weight excluding hydrogens is 510 g/mol. The van der Waals surface area contributed by atoms with Gasteiger partial charge in [-0.15, -0.1) is 0 Å². The maximum Gasteiger partial charge on any atom is 0.251 e. The van der Waals surface area contributed by atoms with Crippen LogP contribution in [0.5, 0.6) is 5.75 Å². The van der Waals surface area contributed by atoms with Gasteiger partial charge in [-0.3, -0.25) is 14.3 Å². The van der Waals surface area contributed by atoms with E-state index < -0.39 is 48.6 Å². The molecule has 1 aliphatic rings. The Morgan fingerprint density at radius 3 is 2.59 bits per heavy atom. The summed E-state index contributed by atoms with van der Waals surface area (Å²) in [5, 5.41) is 25.5. The van der Waals surface area contributed by atoms with Crippen molar-refractivity contribution in [3.8, 4) is 5.75 Å². The van der Waals surface area contributed by atoms with Crippen LogP contribution < -0.4 is 10.1 Å². The minimum absolute atomic E-state index is 0.0203. The van der Waals surface area contributed by atoms with Crippen molar-refractivity contribution in [1.82, 2.24) is 14.7 Å². The Morgan fingerprint density at radius 1 is 1.16 bits per heavy atom. The normalized spacial score (nSPS) is 14.9. The van der Waals surface area contributed by atoms with Gasteiger partial charge in [-0.2, -0.15) is 5.10 Å². The number of ether oxygens (including phenoxy) is 1. The predicted molar refractivity (Wildman–Crippen MR) is 130 cm³/mol. The van der Waals surface area contributed by atoms with Crippen LogP contribution in [0.4, 0.5) is 14.6 Å². The summed E-state index contributed by atoms with van der Waals surface area (Å²) in [6.45, 7) is -0.636. The molecule has 2 unspecified atom stereocenters. The van der Waals surface area contributed by atoms with E-state index in [1.165, 1.54) is 29.1 Å². The van der Waals surface area contributed by atoms with Gasteiger partial charge >= 0.3 is 0 Å². The SMILES string of the molecule is O=C(Nc1ccn(CC(O)CO)n1)C(Cc1c(F)cccc1F)N1CC(Oc2ccccc2Cl)=CC1=O. The van der Waals surface area contributed by atoms with E-state index in [4.69, 9.17) is 21.4 Å². The lowest BCUT2D eigenvalue weighted by molar-refractivity contribution is -0.133. The van der Waals surface area contributed by atoms with Gasteiger partial charge < -0.3 is 25.2 Å². The van der Waals surface area contributed by atoms with Gasteiger partial charge in [-0.1, -0.05) is 29.8 Å². The highest BCUT2D eigenvalue weighted by molar-refractivity contribution is 6.32. The van der Waals surface area contributed by atoms with E-state index in [-0.39, 0.29) is 30.2 Å². The zero-order valence-corrected chi connectivity index (χ0v) is 20.1. The molecule has 2 aromatic carbocycles. The first-order chi connectivity index (χ1) is 17.7. The summed E-state index contributed by atoms with van der Waals surface area (Å²) >= 11 is 6.13. The lowest BCUT2D eigenvalue weighted by Crippen LogP contribution is -2.47. The number of carbonyl (C=O) groups excluding carboxylic acids is 2. The van der Waals surface area contributed by atoms with E-state index in [9.17, 15) is 23.5 Å². The number of carbonyl (C=O) groups is 2. The van der Waals surface area contributed by atoms with Crippen LogP contribution >= 0.6 is 11.6 Å². The van der Waals surface area contributed by atoms with E-state index in [1.54, 1.807) is 24.3 Å². The third kappa shape index (κ3) is 6.31. The summed E-state index contributed by atoms with van der Waals surface area (Å²) in [6.07, 6.45) is 1.16. The van der Waals surface area contributed by atoms with E-state index in [0.29, 0.717) is 10.8 Å². The highest BCUT2D eigenvalue weighted by atomic mass is 35.5. The largest absolute Gasteiger partial charge is 0.458 e. The molecular formula is C25H23ClF2N4O5. The predicted octanol–water partition coefficient (Wildman–Crippen LogP) is 2.52. The number of nitrogens with one attached hydrogen (secondary N) is 1. The summed E-state index contributed by atoms with van der Waals surface area (Å²) in [4.78, 5) is 27.3. The second-order valence-corrected chi connectivity index (χ2v) is 8.69. The molecule has 12 heteroatoms. The second-order valence-electron chi connectivity index (χ2n) is 8.28. The van der Waals surface area contributed by atoms with E-state index in [0.717, 1.165) is 17.0 Å². The van der Waals surface area contributed by atoms with Crippen LogP contribution in [0.3, 0.4) is 0 Å². The molecule has 0 spiro atoms. The zero-order valence-electron chi connectivity index (χ0n) is 19.4. The average molecular weight is 533 g/mol. The van der Waals surface area contributed by atoms with Crippen molar-refractivity contribution in [2.45, 2.75) is 25.1 Å². The van der Waals surface area contributed by atoms with Gasteiger partial charge in [0.05, 0.1) is 30.8 Å². The number of rotatable bonds is 10. The molecule has 0 fully saturated rings. The van der Waals surface area contributed by atoms with Crippen LogP contribution in [-0.2, 0) is 22.6 Å². The van der Waals surface area contributed by atoms with Gasteiger partial charge in [0, 0.05) is 30.3 Å². The van der Waals surface area contributed by atoms with Crippen LogP contribution in [0, 0.1) is 11.6 Å². The molecule has 0 saturated carbocycles. The molecule has 0 radical (unpaired) electrons. The zero-order chi connectivity index (χ0) is 26.5. The maximum absolute atomic E-state index is 14.5. The molecule has 9 nitrogen and oxygen atoms in total. The molecule has 3 aromatic rings. The molecule has 2 heterocycles. The van der Waals surface area contributed by atoms with E-state index >= 15 is 0 Å². The quantitative estimate of drug-likeness (QED) is 0.369. The Balaban J connectivity index is 1.56. The number of halogens is 3. The number of hydrogen-bond donors (Lipinski definition) is 3. The van der Waals surface area contributed by atoms with Crippen LogP contribution in [-0.4, -0.2) is 62.0 Å². The van der Waals surface area contributed by atoms with Gasteiger partial charge in [0.2, 0.25) is 5.91 Å². The van der Waals surface area contributed by atoms with Crippen molar-refractivity contribution < 1.29 is 33.3 Å². The monoisotopic (exact) mass is 532 g/mol. The number of nitrogens with zero attached hydrogens (tertiary/aromatic N) is 3. The van der Waals surface area contributed by atoms with Gasteiger partial charge in [0.1, 0.15) is 29.2 Å². The topological polar surface area (TPSA) is 117 Å². The first-order valence-corrected chi connectivity index (χ1v) is 11.6. The Bertz CT molecular complexity index is 1310. The Morgan fingerprint density at radius 2 is 1.89 bits per heavy atom. The van der Waals surface area contributed by atoms with E-state index in [2.05, 4.69) is 10.4 Å². The molecule has 0 bridgehead atoms. The van der Waals surface area contributed by atoms with Crippen LogP contribution in [0.15, 0.2) is 66.6 Å². The number of anilines is 1. The molecule has 2 amide bonds. The van der Waals surface area contributed by atoms with Gasteiger partial charge in [0.25, 0.3) is 5.91 Å². The van der Waals surface area contributed by atoms with Crippen LogP contribution in [0.2, 0.25) is 5.02 Å². The molecule has 1 aliphatic heterocycles. The standard InChI is InChI=1S/C25H23ClF2N4O5/c26-18-4-1-2-7-22(18)37-16-10-24(35)32(13-16)21(11-17-19(27)5-3-6-20(17)28)25(36)29-23-8-9-31(30-23)12-15(34)14-33/h1-10,15,21,33-34H,11-14H2,(H,29,30,36). The Labute approximate surface area is 215 Å². The Hall–Kier alpha value is -3.80. The van der Waals surface area contributed by atoms with Crippen molar-refractivity contribution >= 4 is 29.2 Å². The highest BCUT2D eigenvalue weighted by Gasteiger charge is 2.36. The van der Waals surface area contributed by atoms with Crippen LogP contribution in [0.1, 0.15) is 5.56 Å². The summed E-state index contributed by atoms with van der Waals surface area (Å²) in [5.74, 6) is -2.44. The minimum atomic E-state index is -1.32. The molecule has 194 valence electrons. The fourth-order valence-corrected chi connectivity index (χ4v) is 3.96. The number of hydrogen-bond acceptors (Lipinski definition) is 6. The lowest BCUT2D eigenvalue weighted by atomic mass is 10.0. The summed E-state index contributed by atoms with van der Waals surface area (Å²) in [7, 11) is 0. The number of aliphatic hydroxyl groups is 2. The number of benzene rings is 2. The van der Waals surface area contributed by atoms with Crippen LogP contribution in [0.25, 0.3) is 0 Å². The first kappa shape index (κ1) is 26.3. The molecule has 3 N–H and O–H groups in total. The highest BCUT2D eigenvalue weighted by Crippen LogP contribution is 2.28. The average Bonchev–Trinajstić information content (AvgIpc) is 3.45. The summed E-state index contributed by atoms with van der Waals surface area (Å²) < 4.78 is 36.0. The molecule has 37 heavy (non-hydrogen) atoms. The number of amides is 2. The smallest absolute Gasteiger partial charge is 0.251 e. The summed E-state index contributed by atoms with van der Waals surface area (Å²) in [6, 6.07) is 10.1. The molecule has 2 atom stereocenters. The second kappa shape index (κ2) is 11.5. The molecule has 0 saturated heterocycles. The van der Waals surface area contributed by atoms with Gasteiger partial charge in [-0.25, -0.2) is 8.78 Å².